The van der Waals surface area contributed by atoms with Crippen molar-refractivity contribution in [3.63, 3.8) is 0 Å². The number of aliphatic carboxylic acids is 1. The third-order valence-electron chi connectivity index (χ3n) is 4.12. The smallest absolute Gasteiger partial charge is 0.342 e. The molecule has 0 bridgehead atoms. The molecule has 2 N–H and O–H groups in total. The lowest BCUT2D eigenvalue weighted by Gasteiger charge is -2.09. The number of nitrogens with zero attached hydrogens (tertiary/aromatic N) is 3. The highest BCUT2D eigenvalue weighted by molar-refractivity contribution is 8.04. The van der Waals surface area contributed by atoms with Gasteiger partial charge in [-0.25, -0.2) is 4.79 Å². The number of methoxy groups -OCH3 is 1. The van der Waals surface area contributed by atoms with Gasteiger partial charge in [-0.3, -0.25) is 0 Å². The maximum atomic E-state index is 11.9. The number of carboxylic acids is 1. The molecule has 0 fully saturated rings. The number of phenolic OH excluding ortho intramolecular Hbond substituents is 1. The molecule has 0 radical (unpaired) electrons. The number of aromatic nitrogens is 3. The third-order valence-corrected chi connectivity index (χ3v) is 5.65. The number of hydrogen-bond donors (Lipinski definition) is 2. The highest BCUT2D eigenvalue weighted by Gasteiger charge is 2.19. The number of halogens is 2. The lowest BCUT2D eigenvalue weighted by Crippen LogP contribution is -2.02. The zero-order valence-corrected chi connectivity index (χ0v) is 18.3. The number of carbonyl (C=O) groups is 1. The van der Waals surface area contributed by atoms with E-state index in [1.165, 1.54) is 25.3 Å². The van der Waals surface area contributed by atoms with Crippen LogP contribution < -0.4 is 4.74 Å². The fourth-order valence-corrected chi connectivity index (χ4v) is 3.91. The van der Waals surface area contributed by atoms with E-state index in [4.69, 9.17) is 27.9 Å². The Kier molecular flexibility index (Phi) is 6.91. The first-order chi connectivity index (χ1) is 14.3. The van der Waals surface area contributed by atoms with Crippen LogP contribution in [-0.4, -0.2) is 38.1 Å². The van der Waals surface area contributed by atoms with Gasteiger partial charge in [0.1, 0.15) is 4.91 Å². The molecule has 0 aliphatic rings. The molecule has 0 aliphatic heterocycles. The molecular formula is C20H17Cl2N3O4S. The van der Waals surface area contributed by atoms with Gasteiger partial charge in [0.05, 0.1) is 12.1 Å². The molecule has 0 saturated heterocycles. The zero-order valence-electron chi connectivity index (χ0n) is 16.0. The fraction of sp³-hybridized carbons (Fsp3) is 0.150. The molecule has 0 saturated carbocycles. The second-order valence-electron chi connectivity index (χ2n) is 6.03. The van der Waals surface area contributed by atoms with Crippen LogP contribution in [0, 0.1) is 0 Å². The normalized spacial score (nSPS) is 11.5. The monoisotopic (exact) mass is 465 g/mol. The van der Waals surface area contributed by atoms with Crippen molar-refractivity contribution in [3.8, 4) is 22.9 Å². The SMILES string of the molecule is CCn1c(S/C(=C\c2cc(Cl)c(O)c(OC)c2)C(=O)O)nnc1-c1ccc(Cl)cc1. The van der Waals surface area contributed by atoms with Crippen LogP contribution in [-0.2, 0) is 11.3 Å². The van der Waals surface area contributed by atoms with Crippen LogP contribution in [0.1, 0.15) is 12.5 Å². The second-order valence-corrected chi connectivity index (χ2v) is 7.88. The van der Waals surface area contributed by atoms with Gasteiger partial charge in [0, 0.05) is 17.1 Å². The third kappa shape index (κ3) is 4.72. The molecule has 3 rings (SSSR count). The standard InChI is InChI=1S/C20H17Cl2N3O4S/c1-3-25-18(12-4-6-13(21)7-5-12)23-24-20(25)30-16(19(27)28)10-11-8-14(22)17(26)15(9-11)29-2/h4-10,26H,3H2,1-2H3,(H,27,28)/b16-10-. The average molecular weight is 466 g/mol. The number of benzene rings is 2. The van der Waals surface area contributed by atoms with Gasteiger partial charge >= 0.3 is 5.97 Å². The molecule has 1 aromatic heterocycles. The number of hydrogen-bond acceptors (Lipinski definition) is 6. The van der Waals surface area contributed by atoms with Crippen LogP contribution in [0.4, 0.5) is 0 Å². The number of aromatic hydroxyl groups is 1. The Hall–Kier alpha value is -2.68. The van der Waals surface area contributed by atoms with Gasteiger partial charge in [-0.1, -0.05) is 23.2 Å². The van der Waals surface area contributed by atoms with Crippen molar-refractivity contribution >= 4 is 47.0 Å². The van der Waals surface area contributed by atoms with Gasteiger partial charge in [0.25, 0.3) is 0 Å². The zero-order chi connectivity index (χ0) is 21.8. The van der Waals surface area contributed by atoms with Crippen LogP contribution in [0.25, 0.3) is 17.5 Å². The summed E-state index contributed by atoms with van der Waals surface area (Å²) in [5.41, 5.74) is 1.27. The van der Waals surface area contributed by atoms with Crippen molar-refractivity contribution in [1.29, 1.82) is 0 Å². The highest BCUT2D eigenvalue weighted by atomic mass is 35.5. The quantitative estimate of drug-likeness (QED) is 0.365. The van der Waals surface area contributed by atoms with Gasteiger partial charge in [-0.15, -0.1) is 10.2 Å². The van der Waals surface area contributed by atoms with E-state index in [1.807, 2.05) is 23.6 Å². The number of thioether (sulfide) groups is 1. The summed E-state index contributed by atoms with van der Waals surface area (Å²) in [6.07, 6.45) is 1.43. The Morgan fingerprint density at radius 2 is 1.93 bits per heavy atom. The molecule has 0 aliphatic carbocycles. The van der Waals surface area contributed by atoms with Gasteiger partial charge in [-0.05, 0) is 66.7 Å². The van der Waals surface area contributed by atoms with E-state index in [0.717, 1.165) is 17.3 Å². The van der Waals surface area contributed by atoms with Gasteiger partial charge in [0.2, 0.25) is 0 Å². The van der Waals surface area contributed by atoms with E-state index in [0.29, 0.717) is 28.1 Å². The first-order valence-corrected chi connectivity index (χ1v) is 10.3. The number of carboxylic acid groups (broad SMARTS) is 1. The van der Waals surface area contributed by atoms with Crippen LogP contribution in [0.15, 0.2) is 46.5 Å². The highest BCUT2D eigenvalue weighted by Crippen LogP contribution is 2.37. The predicted octanol–water partition coefficient (Wildman–Crippen LogP) is 5.20. The minimum absolute atomic E-state index is 0.00330. The molecule has 0 spiro atoms. The van der Waals surface area contributed by atoms with E-state index < -0.39 is 5.97 Å². The Morgan fingerprint density at radius 3 is 2.53 bits per heavy atom. The molecule has 0 atom stereocenters. The first-order valence-electron chi connectivity index (χ1n) is 8.72. The molecule has 10 heteroatoms. The fourth-order valence-electron chi connectivity index (χ4n) is 2.68. The molecule has 156 valence electrons. The van der Waals surface area contributed by atoms with E-state index >= 15 is 0 Å². The maximum absolute atomic E-state index is 11.9. The summed E-state index contributed by atoms with van der Waals surface area (Å²) in [6, 6.07) is 10.1. The van der Waals surface area contributed by atoms with Crippen molar-refractivity contribution in [2.24, 2.45) is 0 Å². The summed E-state index contributed by atoms with van der Waals surface area (Å²) in [5, 5.41) is 29.0. The average Bonchev–Trinajstić information content (AvgIpc) is 3.13. The Morgan fingerprint density at radius 1 is 1.23 bits per heavy atom. The van der Waals surface area contributed by atoms with Gasteiger partial charge < -0.3 is 19.5 Å². The maximum Gasteiger partial charge on any atom is 0.342 e. The minimum atomic E-state index is -1.14. The molecule has 7 nitrogen and oxygen atoms in total. The van der Waals surface area contributed by atoms with Gasteiger partial charge in [0.15, 0.2) is 22.5 Å². The largest absolute Gasteiger partial charge is 0.503 e. The van der Waals surface area contributed by atoms with Crippen LogP contribution in [0.3, 0.4) is 0 Å². The number of rotatable bonds is 7. The van der Waals surface area contributed by atoms with Crippen molar-refractivity contribution in [1.82, 2.24) is 14.8 Å². The predicted molar refractivity (Wildman–Crippen MR) is 117 cm³/mol. The van der Waals surface area contributed by atoms with E-state index in [1.54, 1.807) is 12.1 Å². The Balaban J connectivity index is 1.98. The van der Waals surface area contributed by atoms with Gasteiger partial charge in [-0.2, -0.15) is 0 Å². The van der Waals surface area contributed by atoms with Crippen LogP contribution >= 0.6 is 35.0 Å². The molecule has 0 unspecified atom stereocenters. The Labute approximate surface area is 186 Å². The van der Waals surface area contributed by atoms with E-state index in [2.05, 4.69) is 10.2 Å². The van der Waals surface area contributed by atoms with E-state index in [9.17, 15) is 15.0 Å². The molecule has 0 amide bonds. The molecular weight excluding hydrogens is 449 g/mol. The van der Waals surface area contributed by atoms with Crippen molar-refractivity contribution in [2.45, 2.75) is 18.6 Å². The summed E-state index contributed by atoms with van der Waals surface area (Å²) >= 11 is 12.9. The lowest BCUT2D eigenvalue weighted by atomic mass is 10.2. The lowest BCUT2D eigenvalue weighted by molar-refractivity contribution is -0.131. The van der Waals surface area contributed by atoms with Crippen molar-refractivity contribution in [2.75, 3.05) is 7.11 Å². The minimum Gasteiger partial charge on any atom is -0.503 e. The molecule has 3 aromatic rings. The second kappa shape index (κ2) is 9.42. The molecule has 1 heterocycles. The van der Waals surface area contributed by atoms with Crippen molar-refractivity contribution < 1.29 is 19.7 Å². The summed E-state index contributed by atoms with van der Waals surface area (Å²) in [5.74, 6) is -0.595. The van der Waals surface area contributed by atoms with E-state index in [-0.39, 0.29) is 21.4 Å². The summed E-state index contributed by atoms with van der Waals surface area (Å²) in [4.78, 5) is 11.9. The van der Waals surface area contributed by atoms with Crippen LogP contribution in [0.5, 0.6) is 11.5 Å². The molecule has 30 heavy (non-hydrogen) atoms. The number of ether oxygens (including phenoxy) is 1. The topological polar surface area (TPSA) is 97.5 Å². The summed E-state index contributed by atoms with van der Waals surface area (Å²) < 4.78 is 6.88. The first kappa shape index (κ1) is 22.0. The number of phenols is 1. The Bertz CT molecular complexity index is 1110. The van der Waals surface area contributed by atoms with Crippen molar-refractivity contribution in [3.05, 3.63) is 56.9 Å². The summed E-state index contributed by atoms with van der Waals surface area (Å²) in [6.45, 7) is 2.46. The molecule has 2 aromatic carbocycles. The summed E-state index contributed by atoms with van der Waals surface area (Å²) in [7, 11) is 1.38. The van der Waals surface area contributed by atoms with Crippen LogP contribution in [0.2, 0.25) is 10.0 Å².